The van der Waals surface area contributed by atoms with Crippen LogP contribution in [0.1, 0.15) is 25.3 Å². The van der Waals surface area contributed by atoms with Gasteiger partial charge >= 0.3 is 12.1 Å². The molecule has 0 spiro atoms. The maximum absolute atomic E-state index is 12.2. The normalized spacial score (nSPS) is 27.0. The Morgan fingerprint density at radius 3 is 2.69 bits per heavy atom. The fourth-order valence-corrected chi connectivity index (χ4v) is 3.97. The third-order valence-corrected chi connectivity index (χ3v) is 5.62. The van der Waals surface area contributed by atoms with Crippen LogP contribution in [0.2, 0.25) is 0 Å². The molecule has 4 unspecified atom stereocenters. The quantitative estimate of drug-likeness (QED) is 0.746. The van der Waals surface area contributed by atoms with Gasteiger partial charge < -0.3 is 19.5 Å². The first kappa shape index (κ1) is 18.8. The van der Waals surface area contributed by atoms with Crippen LogP contribution in [0, 0.1) is 17.8 Å². The lowest BCUT2D eigenvalue weighted by atomic mass is 9.83. The van der Waals surface area contributed by atoms with E-state index in [2.05, 4.69) is 28.2 Å². The standard InChI is InChI=1S/C19H22BrNO5/c1-11-3-8-14-15(17(22)24-2)10-25-18(16(11)14)26-19(23)21-9-12-4-6-13(20)7-5-12/h4-7,10-11,14,16,18H,3,8-9H2,1-2H3,(H,21,23). The van der Waals surface area contributed by atoms with E-state index in [-0.39, 0.29) is 23.7 Å². The van der Waals surface area contributed by atoms with Crippen LogP contribution in [0.3, 0.4) is 0 Å². The number of amides is 1. The lowest BCUT2D eigenvalue weighted by Crippen LogP contribution is -2.41. The second-order valence-corrected chi connectivity index (χ2v) is 7.61. The molecule has 26 heavy (non-hydrogen) atoms. The third kappa shape index (κ3) is 4.03. The van der Waals surface area contributed by atoms with Crippen molar-refractivity contribution in [1.82, 2.24) is 5.32 Å². The summed E-state index contributed by atoms with van der Waals surface area (Å²) in [6, 6.07) is 7.66. The van der Waals surface area contributed by atoms with Crippen LogP contribution in [-0.2, 0) is 25.5 Å². The van der Waals surface area contributed by atoms with Gasteiger partial charge in [0.05, 0.1) is 18.9 Å². The van der Waals surface area contributed by atoms with E-state index >= 15 is 0 Å². The van der Waals surface area contributed by atoms with Crippen LogP contribution in [0.15, 0.2) is 40.6 Å². The van der Waals surface area contributed by atoms with Crippen molar-refractivity contribution < 1.29 is 23.8 Å². The number of alkyl carbamates (subject to hydrolysis) is 1. The van der Waals surface area contributed by atoms with E-state index in [1.807, 2.05) is 24.3 Å². The first-order chi connectivity index (χ1) is 12.5. The summed E-state index contributed by atoms with van der Waals surface area (Å²) in [5, 5.41) is 2.74. The van der Waals surface area contributed by atoms with E-state index in [4.69, 9.17) is 14.2 Å². The van der Waals surface area contributed by atoms with E-state index in [1.54, 1.807) is 0 Å². The number of carbonyl (C=O) groups is 2. The zero-order chi connectivity index (χ0) is 18.7. The number of ether oxygens (including phenoxy) is 3. The number of hydrogen-bond acceptors (Lipinski definition) is 5. The van der Waals surface area contributed by atoms with Crippen LogP contribution < -0.4 is 5.32 Å². The monoisotopic (exact) mass is 423 g/mol. The molecule has 1 aliphatic carbocycles. The average Bonchev–Trinajstić information content (AvgIpc) is 3.03. The van der Waals surface area contributed by atoms with Crippen LogP contribution >= 0.6 is 15.9 Å². The molecule has 1 N–H and O–H groups in total. The Hall–Kier alpha value is -2.02. The summed E-state index contributed by atoms with van der Waals surface area (Å²) in [5.74, 6) is -0.145. The Morgan fingerprint density at radius 1 is 1.27 bits per heavy atom. The van der Waals surface area contributed by atoms with Gasteiger partial charge in [-0.2, -0.15) is 0 Å². The Labute approximate surface area is 161 Å². The van der Waals surface area contributed by atoms with Crippen molar-refractivity contribution in [3.63, 3.8) is 0 Å². The number of rotatable bonds is 4. The molecule has 0 bridgehead atoms. The Kier molecular flexibility index (Phi) is 5.86. The van der Waals surface area contributed by atoms with E-state index in [1.165, 1.54) is 13.4 Å². The number of carbonyl (C=O) groups excluding carboxylic acids is 2. The minimum absolute atomic E-state index is 0.00419. The molecule has 1 aromatic carbocycles. The average molecular weight is 424 g/mol. The molecule has 2 aliphatic rings. The van der Waals surface area contributed by atoms with Crippen LogP contribution in [0.4, 0.5) is 4.79 Å². The Morgan fingerprint density at radius 2 is 2.00 bits per heavy atom. The molecular formula is C19H22BrNO5. The Balaban J connectivity index is 1.61. The van der Waals surface area contributed by atoms with Gasteiger partial charge in [-0.15, -0.1) is 0 Å². The minimum Gasteiger partial charge on any atom is -0.466 e. The highest BCUT2D eigenvalue weighted by atomic mass is 79.9. The van der Waals surface area contributed by atoms with Crippen molar-refractivity contribution in [1.29, 1.82) is 0 Å². The summed E-state index contributed by atoms with van der Waals surface area (Å²) in [5.41, 5.74) is 1.49. The molecule has 1 aliphatic heterocycles. The molecule has 1 fully saturated rings. The molecule has 1 aromatic rings. The predicted octanol–water partition coefficient (Wildman–Crippen LogP) is 3.75. The van der Waals surface area contributed by atoms with E-state index in [0.717, 1.165) is 22.9 Å². The SMILES string of the molecule is COC(=O)C1=COC(OC(=O)NCc2ccc(Br)cc2)C2C(C)CCC12. The molecule has 0 saturated heterocycles. The summed E-state index contributed by atoms with van der Waals surface area (Å²) >= 11 is 3.38. The van der Waals surface area contributed by atoms with Crippen molar-refractivity contribution in [2.24, 2.45) is 17.8 Å². The maximum Gasteiger partial charge on any atom is 0.410 e. The molecule has 1 amide bonds. The summed E-state index contributed by atoms with van der Waals surface area (Å²) in [4.78, 5) is 24.1. The van der Waals surface area contributed by atoms with Gasteiger partial charge in [-0.05, 0) is 36.5 Å². The molecule has 140 valence electrons. The topological polar surface area (TPSA) is 73.9 Å². The van der Waals surface area contributed by atoms with Crippen molar-refractivity contribution in [2.75, 3.05) is 7.11 Å². The van der Waals surface area contributed by atoms with Crippen molar-refractivity contribution in [2.45, 2.75) is 32.6 Å². The first-order valence-corrected chi connectivity index (χ1v) is 9.41. The first-order valence-electron chi connectivity index (χ1n) is 8.62. The van der Waals surface area contributed by atoms with Gasteiger partial charge in [0, 0.05) is 22.9 Å². The van der Waals surface area contributed by atoms with Gasteiger partial charge in [-0.3, -0.25) is 0 Å². The largest absolute Gasteiger partial charge is 0.466 e. The highest BCUT2D eigenvalue weighted by Crippen LogP contribution is 2.46. The highest BCUT2D eigenvalue weighted by Gasteiger charge is 2.48. The molecule has 1 heterocycles. The van der Waals surface area contributed by atoms with Gasteiger partial charge in [0.25, 0.3) is 0 Å². The molecule has 4 atom stereocenters. The number of hydrogen-bond donors (Lipinski definition) is 1. The lowest BCUT2D eigenvalue weighted by molar-refractivity contribution is -0.145. The van der Waals surface area contributed by atoms with E-state index in [0.29, 0.717) is 12.1 Å². The van der Waals surface area contributed by atoms with Gasteiger partial charge in [-0.25, -0.2) is 9.59 Å². The van der Waals surface area contributed by atoms with E-state index in [9.17, 15) is 9.59 Å². The third-order valence-electron chi connectivity index (χ3n) is 5.09. The van der Waals surface area contributed by atoms with E-state index < -0.39 is 12.4 Å². The van der Waals surface area contributed by atoms with Crippen LogP contribution in [0.25, 0.3) is 0 Å². The molecule has 0 radical (unpaired) electrons. The molecule has 6 nitrogen and oxygen atoms in total. The highest BCUT2D eigenvalue weighted by molar-refractivity contribution is 9.10. The van der Waals surface area contributed by atoms with Crippen molar-refractivity contribution in [3.05, 3.63) is 46.1 Å². The summed E-state index contributed by atoms with van der Waals surface area (Å²) in [6.07, 6.45) is 1.96. The zero-order valence-corrected chi connectivity index (χ0v) is 16.3. The summed E-state index contributed by atoms with van der Waals surface area (Å²) in [6.45, 7) is 2.45. The number of nitrogens with one attached hydrogen (secondary N) is 1. The molecule has 0 aromatic heterocycles. The number of fused-ring (bicyclic) bond motifs is 1. The fourth-order valence-electron chi connectivity index (χ4n) is 3.71. The molecule has 1 saturated carbocycles. The lowest BCUT2D eigenvalue weighted by Gasteiger charge is -2.34. The van der Waals surface area contributed by atoms with Gasteiger partial charge in [0.15, 0.2) is 0 Å². The number of halogens is 1. The number of methoxy groups -OCH3 is 1. The van der Waals surface area contributed by atoms with Crippen LogP contribution in [0.5, 0.6) is 0 Å². The van der Waals surface area contributed by atoms with Gasteiger partial charge in [0.1, 0.15) is 0 Å². The fraction of sp³-hybridized carbons (Fsp3) is 0.474. The van der Waals surface area contributed by atoms with Gasteiger partial charge in [0.2, 0.25) is 6.29 Å². The summed E-state index contributed by atoms with van der Waals surface area (Å²) in [7, 11) is 1.36. The van der Waals surface area contributed by atoms with Crippen LogP contribution in [-0.4, -0.2) is 25.5 Å². The molecular weight excluding hydrogens is 402 g/mol. The zero-order valence-electron chi connectivity index (χ0n) is 14.7. The maximum atomic E-state index is 12.2. The van der Waals surface area contributed by atoms with Crippen molar-refractivity contribution in [3.8, 4) is 0 Å². The summed E-state index contributed by atoms with van der Waals surface area (Å²) < 4.78 is 16.9. The molecule has 3 rings (SSSR count). The number of benzene rings is 1. The minimum atomic E-state index is -0.698. The van der Waals surface area contributed by atoms with Gasteiger partial charge in [-0.1, -0.05) is 35.0 Å². The second-order valence-electron chi connectivity index (χ2n) is 6.69. The van der Waals surface area contributed by atoms with Crippen molar-refractivity contribution >= 4 is 28.0 Å². The number of esters is 1. The predicted molar refractivity (Wildman–Crippen MR) is 97.8 cm³/mol. The second kappa shape index (κ2) is 8.12. The Bertz CT molecular complexity index is 702. The smallest absolute Gasteiger partial charge is 0.410 e. The molecule has 7 heteroatoms.